The summed E-state index contributed by atoms with van der Waals surface area (Å²) in [7, 11) is 0. The Labute approximate surface area is 102 Å². The molecule has 17 heavy (non-hydrogen) atoms. The number of rotatable bonds is 4. The van der Waals surface area contributed by atoms with Gasteiger partial charge >= 0.3 is 0 Å². The molecular weight excluding hydrogens is 210 g/mol. The average molecular weight is 229 g/mol. The lowest BCUT2D eigenvalue weighted by molar-refractivity contribution is 0.686. The molecule has 0 saturated heterocycles. The number of nitrogens with two attached hydrogens (primary N) is 1. The summed E-state index contributed by atoms with van der Waals surface area (Å²) in [6, 6.07) is 6.93. The summed E-state index contributed by atoms with van der Waals surface area (Å²) in [6.45, 7) is 4.08. The van der Waals surface area contributed by atoms with Crippen LogP contribution in [0.25, 0.3) is 10.9 Å². The summed E-state index contributed by atoms with van der Waals surface area (Å²) in [5, 5.41) is 4.86. The predicted molar refractivity (Wildman–Crippen MR) is 71.9 cm³/mol. The van der Waals surface area contributed by atoms with Crippen molar-refractivity contribution < 1.29 is 0 Å². The fraction of sp³-hybridized carbons (Fsp3) is 0.429. The van der Waals surface area contributed by atoms with Crippen molar-refractivity contribution in [3.8, 4) is 0 Å². The third kappa shape index (κ3) is 1.91. The number of benzene rings is 1. The molecule has 1 aromatic carbocycles. The molecule has 0 spiro atoms. The summed E-state index contributed by atoms with van der Waals surface area (Å²) in [5.41, 5.74) is 9.49. The lowest BCUT2D eigenvalue weighted by Crippen LogP contribution is -2.14. The molecule has 0 unspecified atom stereocenters. The van der Waals surface area contributed by atoms with Gasteiger partial charge in [0.1, 0.15) is 0 Å². The van der Waals surface area contributed by atoms with Crippen LogP contribution in [0.1, 0.15) is 25.3 Å². The topological polar surface area (TPSA) is 43.0 Å². The average Bonchev–Trinajstić information content (AvgIpc) is 3.08. The van der Waals surface area contributed by atoms with Crippen LogP contribution in [0.4, 0.5) is 5.69 Å². The Morgan fingerprint density at radius 1 is 1.41 bits per heavy atom. The van der Waals surface area contributed by atoms with E-state index in [1.165, 1.54) is 29.3 Å². The van der Waals surface area contributed by atoms with E-state index >= 15 is 0 Å². The number of para-hydroxylation sites is 1. The van der Waals surface area contributed by atoms with Gasteiger partial charge in [0, 0.05) is 30.7 Å². The largest absolute Gasteiger partial charge is 0.397 e. The molecular formula is C14H19N3. The molecule has 90 valence electrons. The summed E-state index contributed by atoms with van der Waals surface area (Å²) in [4.78, 5) is 0. The normalized spacial score (nSPS) is 15.6. The van der Waals surface area contributed by atoms with Gasteiger partial charge in [-0.2, -0.15) is 0 Å². The van der Waals surface area contributed by atoms with Crippen molar-refractivity contribution >= 4 is 16.6 Å². The second-order valence-electron chi connectivity index (χ2n) is 4.84. The van der Waals surface area contributed by atoms with Crippen molar-refractivity contribution in [3.05, 3.63) is 30.0 Å². The molecule has 3 rings (SSSR count). The van der Waals surface area contributed by atoms with Crippen LogP contribution in [0.15, 0.2) is 24.4 Å². The Balaban J connectivity index is 2.01. The number of nitrogens with one attached hydrogen (secondary N) is 1. The third-order valence-electron chi connectivity index (χ3n) is 3.51. The molecule has 0 bridgehead atoms. The van der Waals surface area contributed by atoms with Gasteiger partial charge in [-0.1, -0.05) is 12.1 Å². The number of fused-ring (bicyclic) bond motifs is 1. The fourth-order valence-electron chi connectivity index (χ4n) is 2.40. The molecule has 3 heteroatoms. The highest BCUT2D eigenvalue weighted by atomic mass is 15.0. The molecule has 1 aliphatic rings. The minimum Gasteiger partial charge on any atom is -0.397 e. The highest BCUT2D eigenvalue weighted by Crippen LogP contribution is 2.27. The molecule has 1 heterocycles. The van der Waals surface area contributed by atoms with Gasteiger partial charge in [0.2, 0.25) is 0 Å². The Bertz CT molecular complexity index is 538. The van der Waals surface area contributed by atoms with E-state index in [0.717, 1.165) is 24.8 Å². The number of aromatic nitrogens is 1. The van der Waals surface area contributed by atoms with E-state index in [1.807, 2.05) is 12.1 Å². The zero-order valence-corrected chi connectivity index (χ0v) is 10.2. The van der Waals surface area contributed by atoms with Crippen LogP contribution in [-0.2, 0) is 13.1 Å². The number of nitrogens with zero attached hydrogens (tertiary/aromatic N) is 1. The van der Waals surface area contributed by atoms with Crippen molar-refractivity contribution in [1.29, 1.82) is 0 Å². The summed E-state index contributed by atoms with van der Waals surface area (Å²) < 4.78 is 2.24. The van der Waals surface area contributed by atoms with Crippen molar-refractivity contribution in [1.82, 2.24) is 9.88 Å². The van der Waals surface area contributed by atoms with Crippen LogP contribution >= 0.6 is 0 Å². The Hall–Kier alpha value is -1.48. The van der Waals surface area contributed by atoms with E-state index in [1.54, 1.807) is 0 Å². The minimum absolute atomic E-state index is 0.746. The van der Waals surface area contributed by atoms with Crippen molar-refractivity contribution in [2.75, 3.05) is 5.73 Å². The Morgan fingerprint density at radius 2 is 2.24 bits per heavy atom. The van der Waals surface area contributed by atoms with E-state index in [9.17, 15) is 0 Å². The van der Waals surface area contributed by atoms with Gasteiger partial charge in [0.25, 0.3) is 0 Å². The second-order valence-corrected chi connectivity index (χ2v) is 4.84. The molecule has 3 nitrogen and oxygen atoms in total. The predicted octanol–water partition coefficient (Wildman–Crippen LogP) is 2.50. The highest BCUT2D eigenvalue weighted by molar-refractivity contribution is 5.93. The van der Waals surface area contributed by atoms with E-state index in [0.29, 0.717) is 0 Å². The molecule has 1 fully saturated rings. The maximum atomic E-state index is 6.07. The number of hydrogen-bond acceptors (Lipinski definition) is 2. The lowest BCUT2D eigenvalue weighted by Gasteiger charge is -2.03. The zero-order chi connectivity index (χ0) is 11.8. The molecule has 1 aromatic heterocycles. The summed E-state index contributed by atoms with van der Waals surface area (Å²) in [6.07, 6.45) is 4.89. The molecule has 0 atom stereocenters. The zero-order valence-electron chi connectivity index (χ0n) is 10.2. The third-order valence-corrected chi connectivity index (χ3v) is 3.51. The van der Waals surface area contributed by atoms with Crippen molar-refractivity contribution in [3.63, 3.8) is 0 Å². The van der Waals surface area contributed by atoms with Crippen LogP contribution < -0.4 is 11.1 Å². The van der Waals surface area contributed by atoms with Crippen molar-refractivity contribution in [2.24, 2.45) is 0 Å². The Morgan fingerprint density at radius 3 is 2.94 bits per heavy atom. The van der Waals surface area contributed by atoms with Crippen LogP contribution in [0.2, 0.25) is 0 Å². The number of aryl methyl sites for hydroxylation is 1. The first-order chi connectivity index (χ1) is 8.29. The van der Waals surface area contributed by atoms with Gasteiger partial charge in [-0.15, -0.1) is 0 Å². The number of nitrogen functional groups attached to an aromatic ring is 1. The second kappa shape index (κ2) is 4.08. The van der Waals surface area contributed by atoms with Crippen LogP contribution in [0.3, 0.4) is 0 Å². The quantitative estimate of drug-likeness (QED) is 0.791. The smallest absolute Gasteiger partial charge is 0.0717 e. The maximum absolute atomic E-state index is 6.07. The fourth-order valence-corrected chi connectivity index (χ4v) is 2.40. The van der Waals surface area contributed by atoms with Crippen LogP contribution in [0, 0.1) is 0 Å². The van der Waals surface area contributed by atoms with Gasteiger partial charge in [-0.3, -0.25) is 0 Å². The van der Waals surface area contributed by atoms with Crippen LogP contribution in [-0.4, -0.2) is 10.6 Å². The van der Waals surface area contributed by atoms with Gasteiger partial charge < -0.3 is 15.6 Å². The van der Waals surface area contributed by atoms with E-state index in [4.69, 9.17) is 5.73 Å². The maximum Gasteiger partial charge on any atom is 0.0717 e. The minimum atomic E-state index is 0.746. The van der Waals surface area contributed by atoms with Gasteiger partial charge in [0.05, 0.1) is 11.2 Å². The monoisotopic (exact) mass is 229 g/mol. The van der Waals surface area contributed by atoms with Gasteiger partial charge in [-0.25, -0.2) is 0 Å². The van der Waals surface area contributed by atoms with Crippen molar-refractivity contribution in [2.45, 2.75) is 38.9 Å². The molecule has 2 aromatic rings. The summed E-state index contributed by atoms with van der Waals surface area (Å²) in [5.74, 6) is 0. The van der Waals surface area contributed by atoms with E-state index in [-0.39, 0.29) is 0 Å². The van der Waals surface area contributed by atoms with Crippen LogP contribution in [0.5, 0.6) is 0 Å². The number of hydrogen-bond donors (Lipinski definition) is 2. The molecule has 1 saturated carbocycles. The Kier molecular flexibility index (Phi) is 2.56. The number of anilines is 1. The lowest BCUT2D eigenvalue weighted by atomic mass is 10.1. The SMILES string of the molecule is CCn1cc(CNC2CC2)c2cccc(N)c21. The molecule has 0 amide bonds. The first-order valence-corrected chi connectivity index (χ1v) is 6.39. The molecule has 0 radical (unpaired) electrons. The molecule has 1 aliphatic carbocycles. The molecule has 0 aliphatic heterocycles. The standard InChI is InChI=1S/C14H19N3/c1-2-17-9-10(8-16-11-6-7-11)12-4-3-5-13(15)14(12)17/h3-5,9,11,16H,2,6-8,15H2,1H3. The molecule has 3 N–H and O–H groups in total. The highest BCUT2D eigenvalue weighted by Gasteiger charge is 2.20. The summed E-state index contributed by atoms with van der Waals surface area (Å²) >= 11 is 0. The van der Waals surface area contributed by atoms with E-state index in [2.05, 4.69) is 29.1 Å². The first-order valence-electron chi connectivity index (χ1n) is 6.39. The van der Waals surface area contributed by atoms with Gasteiger partial charge in [-0.05, 0) is 31.4 Å². The first kappa shape index (κ1) is 10.7. The van der Waals surface area contributed by atoms with E-state index < -0.39 is 0 Å². The van der Waals surface area contributed by atoms with Gasteiger partial charge in [0.15, 0.2) is 0 Å².